The van der Waals surface area contributed by atoms with Crippen molar-refractivity contribution in [3.05, 3.63) is 47.2 Å². The van der Waals surface area contributed by atoms with Gasteiger partial charge in [-0.25, -0.2) is 4.98 Å². The van der Waals surface area contributed by atoms with Crippen molar-refractivity contribution in [2.75, 3.05) is 75.8 Å². The number of fused-ring (bicyclic) bond motifs is 1. The molecule has 280 valence electrons. The van der Waals surface area contributed by atoms with Gasteiger partial charge in [0.25, 0.3) is 0 Å². The number of benzene rings is 1. The molecule has 4 rings (SSSR count). The van der Waals surface area contributed by atoms with Gasteiger partial charge in [-0.1, -0.05) is 38.0 Å². The van der Waals surface area contributed by atoms with Crippen molar-refractivity contribution >= 4 is 52.4 Å². The minimum absolute atomic E-state index is 0.0608. The number of carbonyl (C=O) groups is 3. The quantitative estimate of drug-likeness (QED) is 0.0820. The standard InChI is InChI=1S/C35H53N9O6S/c1-3-4-5-9-38-32-31-28(40-35(37)41-32)8-11-44(31)22-26-7-6-25(19-24(26)2)21-43-14-12-42(13-15-43)16-18-50-17-10-39-33(47)29(20-30(45)46)51-23-27(36)34(48)49/h6-8,11,19,27,29H,3-5,9-10,12-18,20-23,36H2,1-2H3,(H,39,47)(H,45,46)(H,48,49)(H3,37,38,40,41)/t27-,29+/m0/s1. The second kappa shape index (κ2) is 20.2. The van der Waals surface area contributed by atoms with E-state index < -0.39 is 35.6 Å². The van der Waals surface area contributed by atoms with Crippen molar-refractivity contribution in [3.63, 3.8) is 0 Å². The van der Waals surface area contributed by atoms with Crippen LogP contribution in [-0.4, -0.2) is 128 Å². The summed E-state index contributed by atoms with van der Waals surface area (Å²) < 4.78 is 7.91. The highest BCUT2D eigenvalue weighted by Crippen LogP contribution is 2.25. The molecular formula is C35H53N9O6S. The average molecular weight is 728 g/mol. The fraction of sp³-hybridized carbons (Fsp3) is 0.571. The van der Waals surface area contributed by atoms with Gasteiger partial charge in [0.05, 0.1) is 30.4 Å². The Labute approximate surface area is 303 Å². The summed E-state index contributed by atoms with van der Waals surface area (Å²) in [5.74, 6) is -1.82. The maximum absolute atomic E-state index is 12.4. The number of nitrogens with one attached hydrogen (secondary N) is 2. The molecule has 1 saturated heterocycles. The Bertz CT molecular complexity index is 1600. The number of aliphatic carboxylic acids is 2. The minimum Gasteiger partial charge on any atom is -0.481 e. The zero-order valence-electron chi connectivity index (χ0n) is 29.7. The molecule has 2 atom stereocenters. The van der Waals surface area contributed by atoms with E-state index in [1.165, 1.54) is 16.7 Å². The highest BCUT2D eigenvalue weighted by molar-refractivity contribution is 8.00. The summed E-state index contributed by atoms with van der Waals surface area (Å²) in [6.07, 6.45) is 5.03. The second-order valence-corrected chi connectivity index (χ2v) is 14.1. The lowest BCUT2D eigenvalue weighted by atomic mass is 10.0. The lowest BCUT2D eigenvalue weighted by molar-refractivity contribution is -0.138. The van der Waals surface area contributed by atoms with Crippen molar-refractivity contribution in [3.8, 4) is 0 Å². The maximum atomic E-state index is 12.4. The zero-order chi connectivity index (χ0) is 36.8. The Morgan fingerprint density at radius 2 is 1.78 bits per heavy atom. The van der Waals surface area contributed by atoms with E-state index in [-0.39, 0.29) is 18.2 Å². The molecule has 1 aliphatic rings. The lowest BCUT2D eigenvalue weighted by Crippen LogP contribution is -2.46. The number of amides is 1. The molecule has 1 amide bonds. The molecule has 2 aromatic heterocycles. The van der Waals surface area contributed by atoms with Gasteiger partial charge in [-0.15, -0.1) is 11.8 Å². The van der Waals surface area contributed by atoms with E-state index in [4.69, 9.17) is 26.4 Å². The molecule has 3 aromatic rings. The first kappa shape index (κ1) is 39.8. The van der Waals surface area contributed by atoms with Crippen molar-refractivity contribution in [1.29, 1.82) is 0 Å². The SMILES string of the molecule is CCCCCNc1nc(N)nc2ccn(Cc3ccc(CN4CCN(CCOCCNC(=O)[C@@H](CC(=O)O)SC[C@H](N)C(=O)O)CC4)cc3C)c12. The molecule has 15 nitrogen and oxygen atoms in total. The van der Waals surface area contributed by atoms with Gasteiger partial charge < -0.3 is 41.6 Å². The number of unbranched alkanes of at least 4 members (excludes halogenated alkanes) is 2. The lowest BCUT2D eigenvalue weighted by Gasteiger charge is -2.34. The van der Waals surface area contributed by atoms with E-state index in [1.807, 2.05) is 6.07 Å². The molecule has 0 saturated carbocycles. The topological polar surface area (TPSA) is 214 Å². The molecule has 0 spiro atoms. The molecular weight excluding hydrogens is 675 g/mol. The van der Waals surface area contributed by atoms with Crippen LogP contribution in [0.1, 0.15) is 49.3 Å². The van der Waals surface area contributed by atoms with Crippen molar-refractivity contribution in [2.24, 2.45) is 5.73 Å². The minimum atomic E-state index is -1.20. The molecule has 1 fully saturated rings. The summed E-state index contributed by atoms with van der Waals surface area (Å²) in [7, 11) is 0. The number of nitrogen functional groups attached to an aromatic ring is 1. The predicted octanol–water partition coefficient (Wildman–Crippen LogP) is 2.21. The number of ether oxygens (including phenoxy) is 1. The number of anilines is 2. The van der Waals surface area contributed by atoms with Crippen molar-refractivity contribution in [2.45, 2.75) is 63.9 Å². The van der Waals surface area contributed by atoms with Crippen LogP contribution < -0.4 is 22.1 Å². The Balaban J connectivity index is 1.16. The maximum Gasteiger partial charge on any atom is 0.321 e. The van der Waals surface area contributed by atoms with Crippen LogP contribution in [0.3, 0.4) is 0 Å². The number of thioether (sulfide) groups is 1. The van der Waals surface area contributed by atoms with Gasteiger partial charge >= 0.3 is 11.9 Å². The third-order valence-electron chi connectivity index (χ3n) is 8.86. The van der Waals surface area contributed by atoms with Crippen LogP contribution in [0.15, 0.2) is 30.5 Å². The Morgan fingerprint density at radius 1 is 1.02 bits per heavy atom. The van der Waals surface area contributed by atoms with Crippen LogP contribution in [0.25, 0.3) is 11.0 Å². The zero-order valence-corrected chi connectivity index (χ0v) is 30.5. The molecule has 1 aromatic carbocycles. The highest BCUT2D eigenvalue weighted by Gasteiger charge is 2.24. The number of aryl methyl sites for hydroxylation is 1. The molecule has 0 radical (unpaired) electrons. The second-order valence-electron chi connectivity index (χ2n) is 12.9. The van der Waals surface area contributed by atoms with Crippen molar-refractivity contribution in [1.82, 2.24) is 29.7 Å². The summed E-state index contributed by atoms with van der Waals surface area (Å²) in [6, 6.07) is 7.55. The Hall–Kier alpha value is -3.96. The molecule has 0 unspecified atom stereocenters. The van der Waals surface area contributed by atoms with E-state index in [1.54, 1.807) is 0 Å². The number of hydrogen-bond donors (Lipinski definition) is 6. The molecule has 0 aliphatic carbocycles. The fourth-order valence-electron chi connectivity index (χ4n) is 5.94. The summed E-state index contributed by atoms with van der Waals surface area (Å²) in [5, 5.41) is 23.3. The first-order valence-corrected chi connectivity index (χ1v) is 18.7. The van der Waals surface area contributed by atoms with Crippen LogP contribution in [-0.2, 0) is 32.2 Å². The van der Waals surface area contributed by atoms with Crippen molar-refractivity contribution < 1.29 is 29.3 Å². The number of nitrogens with two attached hydrogens (primary N) is 2. The fourth-order valence-corrected chi connectivity index (χ4v) is 7.02. The van der Waals surface area contributed by atoms with Gasteiger partial charge in [0.2, 0.25) is 11.9 Å². The molecule has 1 aliphatic heterocycles. The average Bonchev–Trinajstić information content (AvgIpc) is 3.50. The van der Waals surface area contributed by atoms with Gasteiger partial charge in [0, 0.05) is 70.9 Å². The highest BCUT2D eigenvalue weighted by atomic mass is 32.2. The summed E-state index contributed by atoms with van der Waals surface area (Å²) in [6.45, 7) is 12.4. The molecule has 8 N–H and O–H groups in total. The summed E-state index contributed by atoms with van der Waals surface area (Å²) in [5.41, 5.74) is 17.1. The number of carbonyl (C=O) groups excluding carboxylic acids is 1. The van der Waals surface area contributed by atoms with Crippen LogP contribution in [0.4, 0.5) is 11.8 Å². The number of carboxylic acids is 2. The van der Waals surface area contributed by atoms with Crippen LogP contribution in [0, 0.1) is 6.92 Å². The van der Waals surface area contributed by atoms with E-state index in [2.05, 4.69) is 73.2 Å². The van der Waals surface area contributed by atoms with E-state index >= 15 is 0 Å². The molecule has 16 heteroatoms. The third kappa shape index (κ3) is 12.6. The van der Waals surface area contributed by atoms with Gasteiger partial charge in [-0.2, -0.15) is 4.98 Å². The van der Waals surface area contributed by atoms with E-state index in [0.717, 1.165) is 93.7 Å². The summed E-state index contributed by atoms with van der Waals surface area (Å²) >= 11 is 0.927. The molecule has 51 heavy (non-hydrogen) atoms. The molecule has 3 heterocycles. The van der Waals surface area contributed by atoms with Gasteiger partial charge in [-0.05, 0) is 36.1 Å². The predicted molar refractivity (Wildman–Crippen MR) is 200 cm³/mol. The number of hydrogen-bond acceptors (Lipinski definition) is 12. The van der Waals surface area contributed by atoms with Crippen LogP contribution in [0.5, 0.6) is 0 Å². The van der Waals surface area contributed by atoms with Crippen LogP contribution >= 0.6 is 11.8 Å². The number of piperazine rings is 1. The summed E-state index contributed by atoms with van der Waals surface area (Å²) in [4.78, 5) is 48.3. The number of carboxylic acid groups (broad SMARTS) is 2. The monoisotopic (exact) mass is 727 g/mol. The van der Waals surface area contributed by atoms with Gasteiger partial charge in [0.1, 0.15) is 11.6 Å². The Kier molecular flexibility index (Phi) is 15.8. The molecule has 0 bridgehead atoms. The van der Waals surface area contributed by atoms with Crippen LogP contribution in [0.2, 0.25) is 0 Å². The van der Waals surface area contributed by atoms with Gasteiger partial charge in [0.15, 0.2) is 5.82 Å². The third-order valence-corrected chi connectivity index (χ3v) is 10.2. The van der Waals surface area contributed by atoms with E-state index in [9.17, 15) is 14.4 Å². The first-order valence-electron chi connectivity index (χ1n) is 17.6. The first-order chi connectivity index (χ1) is 24.5. The smallest absolute Gasteiger partial charge is 0.321 e. The number of aromatic nitrogens is 3. The Morgan fingerprint density at radius 3 is 2.49 bits per heavy atom. The number of rotatable bonds is 22. The van der Waals surface area contributed by atoms with Gasteiger partial charge in [-0.3, -0.25) is 24.2 Å². The van der Waals surface area contributed by atoms with E-state index in [0.29, 0.717) is 19.8 Å². The normalized spacial score (nSPS) is 15.1. The number of nitrogens with zero attached hydrogens (tertiary/aromatic N) is 5. The largest absolute Gasteiger partial charge is 0.481 e.